The molecule has 1 N–H and O–H groups in total. The first kappa shape index (κ1) is 14.5. The first-order valence-corrected chi connectivity index (χ1v) is 7.57. The maximum atomic E-state index is 11.8. The average Bonchev–Trinajstić information content (AvgIpc) is 2.74. The van der Waals surface area contributed by atoms with Crippen LogP contribution in [0.25, 0.3) is 0 Å². The molecule has 100 valence electrons. The first-order valence-electron chi connectivity index (χ1n) is 7.57. The van der Waals surface area contributed by atoms with E-state index in [1.54, 1.807) is 0 Å². The molecule has 17 heavy (non-hydrogen) atoms. The van der Waals surface area contributed by atoms with Gasteiger partial charge in [0.1, 0.15) is 0 Å². The van der Waals surface area contributed by atoms with E-state index in [0.717, 1.165) is 18.8 Å². The van der Waals surface area contributed by atoms with Crippen molar-refractivity contribution < 1.29 is 4.79 Å². The van der Waals surface area contributed by atoms with Crippen LogP contribution in [0.5, 0.6) is 0 Å². The van der Waals surface area contributed by atoms with E-state index >= 15 is 0 Å². The summed E-state index contributed by atoms with van der Waals surface area (Å²) >= 11 is 0. The van der Waals surface area contributed by atoms with Crippen molar-refractivity contribution in [3.63, 3.8) is 0 Å². The van der Waals surface area contributed by atoms with Gasteiger partial charge in [-0.1, -0.05) is 46.0 Å². The first-order chi connectivity index (χ1) is 8.27. The van der Waals surface area contributed by atoms with Crippen molar-refractivity contribution >= 4 is 5.91 Å². The van der Waals surface area contributed by atoms with E-state index < -0.39 is 0 Å². The summed E-state index contributed by atoms with van der Waals surface area (Å²) in [6, 6.07) is 0.482. The molecule has 0 bridgehead atoms. The minimum atomic E-state index is 0.284. The minimum absolute atomic E-state index is 0.284. The molecule has 0 aromatic heterocycles. The highest BCUT2D eigenvalue weighted by molar-refractivity contribution is 5.76. The van der Waals surface area contributed by atoms with Crippen molar-refractivity contribution in [3.05, 3.63) is 0 Å². The van der Waals surface area contributed by atoms with Crippen molar-refractivity contribution in [2.75, 3.05) is 0 Å². The van der Waals surface area contributed by atoms with Crippen molar-refractivity contribution in [1.29, 1.82) is 0 Å². The zero-order chi connectivity index (χ0) is 12.5. The Hall–Kier alpha value is -0.530. The van der Waals surface area contributed by atoms with Gasteiger partial charge in [-0.3, -0.25) is 4.79 Å². The summed E-state index contributed by atoms with van der Waals surface area (Å²) in [7, 11) is 0. The number of carbonyl (C=O) groups excluding carboxylic acids is 1. The van der Waals surface area contributed by atoms with E-state index in [9.17, 15) is 4.79 Å². The molecule has 1 amide bonds. The summed E-state index contributed by atoms with van der Waals surface area (Å²) in [5.41, 5.74) is 0. The lowest BCUT2D eigenvalue weighted by Crippen LogP contribution is -2.37. The van der Waals surface area contributed by atoms with Gasteiger partial charge >= 0.3 is 0 Å². The highest BCUT2D eigenvalue weighted by atomic mass is 16.1. The Kier molecular flexibility index (Phi) is 7.30. The SMILES string of the molecule is CCCCCC(=O)NC1CCCC1CCCC. The highest BCUT2D eigenvalue weighted by Gasteiger charge is 2.27. The maximum absolute atomic E-state index is 11.8. The van der Waals surface area contributed by atoms with E-state index in [2.05, 4.69) is 19.2 Å². The Morgan fingerprint density at radius 1 is 1.12 bits per heavy atom. The number of hydrogen-bond acceptors (Lipinski definition) is 1. The average molecular weight is 239 g/mol. The molecule has 1 aliphatic rings. The van der Waals surface area contributed by atoms with Gasteiger partial charge in [-0.05, 0) is 31.6 Å². The topological polar surface area (TPSA) is 29.1 Å². The number of unbranched alkanes of at least 4 members (excludes halogenated alkanes) is 3. The predicted octanol–water partition coefficient (Wildman–Crippen LogP) is 4.04. The molecular formula is C15H29NO. The Bertz CT molecular complexity index is 215. The van der Waals surface area contributed by atoms with Crippen LogP contribution >= 0.6 is 0 Å². The molecule has 0 aliphatic heterocycles. The maximum Gasteiger partial charge on any atom is 0.220 e. The monoisotopic (exact) mass is 239 g/mol. The third-order valence-electron chi connectivity index (χ3n) is 3.94. The molecular weight excluding hydrogens is 210 g/mol. The van der Waals surface area contributed by atoms with Crippen molar-refractivity contribution in [2.24, 2.45) is 5.92 Å². The second kappa shape index (κ2) is 8.54. The van der Waals surface area contributed by atoms with Gasteiger partial charge in [0.25, 0.3) is 0 Å². The van der Waals surface area contributed by atoms with Crippen LogP contribution < -0.4 is 5.32 Å². The van der Waals surface area contributed by atoms with E-state index in [-0.39, 0.29) is 5.91 Å². The Labute approximate surface area is 107 Å². The molecule has 0 saturated heterocycles. The lowest BCUT2D eigenvalue weighted by Gasteiger charge is -2.20. The molecule has 0 spiro atoms. The van der Waals surface area contributed by atoms with Crippen LogP contribution in [0.2, 0.25) is 0 Å². The van der Waals surface area contributed by atoms with Crippen molar-refractivity contribution in [2.45, 2.75) is 84.1 Å². The molecule has 1 fully saturated rings. The third-order valence-corrected chi connectivity index (χ3v) is 3.94. The lowest BCUT2D eigenvalue weighted by molar-refractivity contribution is -0.122. The second-order valence-electron chi connectivity index (χ2n) is 5.46. The van der Waals surface area contributed by atoms with Gasteiger partial charge in [-0.2, -0.15) is 0 Å². The van der Waals surface area contributed by atoms with Crippen LogP contribution in [0.1, 0.15) is 78.1 Å². The largest absolute Gasteiger partial charge is 0.353 e. The fourth-order valence-corrected chi connectivity index (χ4v) is 2.85. The van der Waals surface area contributed by atoms with Crippen molar-refractivity contribution in [3.8, 4) is 0 Å². The Morgan fingerprint density at radius 2 is 1.88 bits per heavy atom. The summed E-state index contributed by atoms with van der Waals surface area (Å²) < 4.78 is 0. The molecule has 1 rings (SSSR count). The second-order valence-corrected chi connectivity index (χ2v) is 5.46. The zero-order valence-electron chi connectivity index (χ0n) is 11.6. The molecule has 2 heteroatoms. The smallest absolute Gasteiger partial charge is 0.220 e. The molecule has 2 nitrogen and oxygen atoms in total. The number of amides is 1. The standard InChI is InChI=1S/C15H29NO/c1-3-5-7-12-15(17)16-14-11-8-10-13(14)9-6-4-2/h13-14H,3-12H2,1-2H3,(H,16,17). The highest BCUT2D eigenvalue weighted by Crippen LogP contribution is 2.29. The Balaban J connectivity index is 2.21. The quantitative estimate of drug-likeness (QED) is 0.636. The third kappa shape index (κ3) is 5.56. The number of carbonyl (C=O) groups is 1. The van der Waals surface area contributed by atoms with Crippen LogP contribution in [0.3, 0.4) is 0 Å². The van der Waals surface area contributed by atoms with Crippen LogP contribution in [-0.2, 0) is 4.79 Å². The van der Waals surface area contributed by atoms with Crippen LogP contribution in [0.15, 0.2) is 0 Å². The number of hydrogen-bond donors (Lipinski definition) is 1. The zero-order valence-corrected chi connectivity index (χ0v) is 11.6. The van der Waals surface area contributed by atoms with E-state index in [4.69, 9.17) is 0 Å². The van der Waals surface area contributed by atoms with Crippen LogP contribution in [0, 0.1) is 5.92 Å². The van der Waals surface area contributed by atoms with Gasteiger partial charge in [-0.25, -0.2) is 0 Å². The molecule has 1 aliphatic carbocycles. The fraction of sp³-hybridized carbons (Fsp3) is 0.933. The van der Waals surface area contributed by atoms with Gasteiger partial charge in [-0.15, -0.1) is 0 Å². The van der Waals surface area contributed by atoms with Crippen LogP contribution in [-0.4, -0.2) is 11.9 Å². The molecule has 0 radical (unpaired) electrons. The summed E-state index contributed by atoms with van der Waals surface area (Å²) in [6.07, 6.45) is 11.9. The van der Waals surface area contributed by atoms with Crippen LogP contribution in [0.4, 0.5) is 0 Å². The van der Waals surface area contributed by atoms with E-state index in [1.165, 1.54) is 51.4 Å². The minimum Gasteiger partial charge on any atom is -0.353 e. The van der Waals surface area contributed by atoms with Crippen molar-refractivity contribution in [1.82, 2.24) is 5.32 Å². The fourth-order valence-electron chi connectivity index (χ4n) is 2.85. The molecule has 0 heterocycles. The van der Waals surface area contributed by atoms with Gasteiger partial charge < -0.3 is 5.32 Å². The molecule has 0 aromatic carbocycles. The summed E-state index contributed by atoms with van der Waals surface area (Å²) in [6.45, 7) is 4.42. The lowest BCUT2D eigenvalue weighted by atomic mass is 9.96. The molecule has 2 atom stereocenters. The van der Waals surface area contributed by atoms with E-state index in [0.29, 0.717) is 6.04 Å². The number of nitrogens with one attached hydrogen (secondary N) is 1. The summed E-state index contributed by atoms with van der Waals surface area (Å²) in [5.74, 6) is 1.04. The number of rotatable bonds is 8. The molecule has 0 aromatic rings. The van der Waals surface area contributed by atoms with Gasteiger partial charge in [0.05, 0.1) is 0 Å². The van der Waals surface area contributed by atoms with E-state index in [1.807, 2.05) is 0 Å². The normalized spacial score (nSPS) is 23.9. The summed E-state index contributed by atoms with van der Waals surface area (Å²) in [4.78, 5) is 11.8. The predicted molar refractivity (Wildman–Crippen MR) is 72.9 cm³/mol. The Morgan fingerprint density at radius 3 is 2.59 bits per heavy atom. The molecule has 2 unspecified atom stereocenters. The summed E-state index contributed by atoms with van der Waals surface area (Å²) in [5, 5.41) is 3.26. The molecule has 1 saturated carbocycles. The van der Waals surface area contributed by atoms with Gasteiger partial charge in [0.15, 0.2) is 0 Å². The van der Waals surface area contributed by atoms with Gasteiger partial charge in [0, 0.05) is 12.5 Å². The van der Waals surface area contributed by atoms with Gasteiger partial charge in [0.2, 0.25) is 5.91 Å².